The Kier molecular flexibility index (Phi) is 6.74. The first-order valence-electron chi connectivity index (χ1n) is 11.9. The minimum absolute atomic E-state index is 0.569. The third-order valence-corrected chi connectivity index (χ3v) is 7.26. The molecule has 2 aliphatic rings. The van der Waals surface area contributed by atoms with Crippen molar-refractivity contribution in [2.75, 3.05) is 13.1 Å². The third kappa shape index (κ3) is 5.31. The Bertz CT molecular complexity index is 747. The summed E-state index contributed by atoms with van der Waals surface area (Å²) in [5.74, 6) is 3.15. The van der Waals surface area contributed by atoms with Crippen molar-refractivity contribution >= 4 is 0 Å². The van der Waals surface area contributed by atoms with Crippen LogP contribution in [0, 0.1) is 11.8 Å². The van der Waals surface area contributed by atoms with E-state index in [0.29, 0.717) is 5.92 Å². The average Bonchev–Trinajstić information content (AvgIpc) is 3.16. The summed E-state index contributed by atoms with van der Waals surface area (Å²) in [5.41, 5.74) is 4.40. The van der Waals surface area contributed by atoms with E-state index < -0.39 is 0 Å². The topological polar surface area (TPSA) is 21.1 Å². The van der Waals surface area contributed by atoms with Gasteiger partial charge in [-0.05, 0) is 79.1 Å². The van der Waals surface area contributed by atoms with Crippen LogP contribution in [0.1, 0.15) is 87.8 Å². The fourth-order valence-corrected chi connectivity index (χ4v) is 5.17. The number of hydrogen-bond acceptors (Lipinski definition) is 2. The highest BCUT2D eigenvalue weighted by Gasteiger charge is 2.29. The Morgan fingerprint density at radius 2 is 1.76 bits per heavy atom. The Morgan fingerprint density at radius 1 is 1.03 bits per heavy atom. The van der Waals surface area contributed by atoms with E-state index in [2.05, 4.69) is 65.9 Å². The smallest absolute Gasteiger partial charge is 0.0524 e. The summed E-state index contributed by atoms with van der Waals surface area (Å²) in [7, 11) is 0. The Balaban J connectivity index is 1.20. The average molecular weight is 394 g/mol. The largest absolute Gasteiger partial charge is 0.299 e. The van der Waals surface area contributed by atoms with Gasteiger partial charge in [0, 0.05) is 19.3 Å². The standard InChI is InChI=1S/C26H39N3/c1-4-5-23-14-25(15-23)24-8-6-21(7-9-24)17-28-12-10-22(11-13-28)18-29-19-26(16-27-29)20(2)3/h6-9,16,19-20,22-23,25H,4-5,10-15,17-18H2,1-3H3. The maximum absolute atomic E-state index is 4.57. The quantitative estimate of drug-likeness (QED) is 0.531. The summed E-state index contributed by atoms with van der Waals surface area (Å²) >= 11 is 0. The fraction of sp³-hybridized carbons (Fsp3) is 0.654. The first-order valence-corrected chi connectivity index (χ1v) is 11.9. The Hall–Kier alpha value is -1.61. The molecule has 3 nitrogen and oxygen atoms in total. The molecule has 2 aromatic rings. The summed E-state index contributed by atoms with van der Waals surface area (Å²) in [6.45, 7) is 11.4. The molecule has 1 aromatic heterocycles. The maximum atomic E-state index is 4.57. The highest BCUT2D eigenvalue weighted by molar-refractivity contribution is 5.27. The Morgan fingerprint density at radius 3 is 2.38 bits per heavy atom. The van der Waals surface area contributed by atoms with Gasteiger partial charge in [-0.25, -0.2) is 0 Å². The number of nitrogens with zero attached hydrogens (tertiary/aromatic N) is 3. The molecule has 2 heterocycles. The van der Waals surface area contributed by atoms with Crippen LogP contribution in [0.3, 0.4) is 0 Å². The highest BCUT2D eigenvalue weighted by atomic mass is 15.3. The van der Waals surface area contributed by atoms with Crippen molar-refractivity contribution in [3.8, 4) is 0 Å². The first kappa shape index (κ1) is 20.7. The predicted molar refractivity (Wildman–Crippen MR) is 121 cm³/mol. The molecule has 158 valence electrons. The van der Waals surface area contributed by atoms with Crippen molar-refractivity contribution in [3.05, 3.63) is 53.3 Å². The molecule has 1 aromatic carbocycles. The molecule has 0 N–H and O–H groups in total. The van der Waals surface area contributed by atoms with E-state index in [1.54, 1.807) is 5.56 Å². The van der Waals surface area contributed by atoms with Crippen molar-refractivity contribution in [1.29, 1.82) is 0 Å². The van der Waals surface area contributed by atoms with E-state index >= 15 is 0 Å². The van der Waals surface area contributed by atoms with Crippen LogP contribution in [0.15, 0.2) is 36.7 Å². The van der Waals surface area contributed by atoms with Crippen LogP contribution in [0.5, 0.6) is 0 Å². The lowest BCUT2D eigenvalue weighted by Crippen LogP contribution is -2.34. The van der Waals surface area contributed by atoms with Gasteiger partial charge < -0.3 is 0 Å². The van der Waals surface area contributed by atoms with Crippen LogP contribution < -0.4 is 0 Å². The van der Waals surface area contributed by atoms with E-state index in [0.717, 1.165) is 30.8 Å². The molecule has 0 amide bonds. The van der Waals surface area contributed by atoms with Gasteiger partial charge in [-0.1, -0.05) is 57.9 Å². The van der Waals surface area contributed by atoms with Crippen LogP contribution in [0.25, 0.3) is 0 Å². The van der Waals surface area contributed by atoms with Crippen molar-refractivity contribution in [1.82, 2.24) is 14.7 Å². The lowest BCUT2D eigenvalue weighted by atomic mass is 9.70. The molecule has 29 heavy (non-hydrogen) atoms. The second kappa shape index (κ2) is 9.47. The minimum Gasteiger partial charge on any atom is -0.299 e. The molecular weight excluding hydrogens is 354 g/mol. The van der Waals surface area contributed by atoms with Gasteiger partial charge in [0.05, 0.1) is 6.20 Å². The van der Waals surface area contributed by atoms with E-state index in [1.807, 2.05) is 6.20 Å². The molecule has 1 aliphatic carbocycles. The first-order chi connectivity index (χ1) is 14.1. The van der Waals surface area contributed by atoms with Gasteiger partial charge in [0.2, 0.25) is 0 Å². The van der Waals surface area contributed by atoms with Gasteiger partial charge in [-0.15, -0.1) is 0 Å². The van der Waals surface area contributed by atoms with E-state index in [1.165, 1.54) is 62.7 Å². The molecule has 0 radical (unpaired) electrons. The molecule has 1 saturated heterocycles. The number of benzene rings is 1. The zero-order chi connectivity index (χ0) is 20.2. The number of likely N-dealkylation sites (tertiary alicyclic amines) is 1. The van der Waals surface area contributed by atoms with E-state index in [-0.39, 0.29) is 0 Å². The van der Waals surface area contributed by atoms with Crippen molar-refractivity contribution < 1.29 is 0 Å². The van der Waals surface area contributed by atoms with Gasteiger partial charge in [-0.2, -0.15) is 5.10 Å². The normalized spacial score (nSPS) is 23.4. The zero-order valence-electron chi connectivity index (χ0n) is 18.7. The number of aromatic nitrogens is 2. The van der Waals surface area contributed by atoms with E-state index in [4.69, 9.17) is 0 Å². The third-order valence-electron chi connectivity index (χ3n) is 7.26. The highest BCUT2D eigenvalue weighted by Crippen LogP contribution is 2.43. The maximum Gasteiger partial charge on any atom is 0.0524 e. The molecule has 1 aliphatic heterocycles. The van der Waals surface area contributed by atoms with Crippen LogP contribution in [-0.4, -0.2) is 27.8 Å². The molecule has 0 bridgehead atoms. The minimum atomic E-state index is 0.569. The molecule has 4 rings (SSSR count). The second-order valence-electron chi connectivity index (χ2n) is 9.93. The van der Waals surface area contributed by atoms with Crippen LogP contribution in [-0.2, 0) is 13.1 Å². The van der Waals surface area contributed by atoms with Crippen molar-refractivity contribution in [3.63, 3.8) is 0 Å². The molecule has 0 spiro atoms. The van der Waals surface area contributed by atoms with Crippen LogP contribution in [0.4, 0.5) is 0 Å². The number of hydrogen-bond donors (Lipinski definition) is 0. The molecular formula is C26H39N3. The van der Waals surface area contributed by atoms with Crippen molar-refractivity contribution in [2.45, 2.75) is 84.2 Å². The molecule has 1 saturated carbocycles. The molecule has 3 heteroatoms. The molecule has 2 fully saturated rings. The van der Waals surface area contributed by atoms with Gasteiger partial charge in [0.15, 0.2) is 0 Å². The van der Waals surface area contributed by atoms with E-state index in [9.17, 15) is 0 Å². The number of piperidine rings is 1. The molecule has 0 atom stereocenters. The summed E-state index contributed by atoms with van der Waals surface area (Å²) in [6, 6.07) is 9.56. The predicted octanol–water partition coefficient (Wildman–Crippen LogP) is 6.21. The van der Waals surface area contributed by atoms with Crippen LogP contribution in [0.2, 0.25) is 0 Å². The van der Waals surface area contributed by atoms with Crippen molar-refractivity contribution in [2.24, 2.45) is 11.8 Å². The molecule has 0 unspecified atom stereocenters. The monoisotopic (exact) mass is 393 g/mol. The second-order valence-corrected chi connectivity index (χ2v) is 9.93. The van der Waals surface area contributed by atoms with Gasteiger partial charge in [-0.3, -0.25) is 9.58 Å². The summed E-state index contributed by atoms with van der Waals surface area (Å²) in [6.07, 6.45) is 12.4. The van der Waals surface area contributed by atoms with Gasteiger partial charge >= 0.3 is 0 Å². The number of rotatable bonds is 8. The van der Waals surface area contributed by atoms with Gasteiger partial charge in [0.25, 0.3) is 0 Å². The lowest BCUT2D eigenvalue weighted by Gasteiger charge is -2.36. The SMILES string of the molecule is CCCC1CC(c2ccc(CN3CCC(Cn4cc(C(C)C)cn4)CC3)cc2)C1. The zero-order valence-corrected chi connectivity index (χ0v) is 18.7. The summed E-state index contributed by atoms with van der Waals surface area (Å²) in [5, 5.41) is 4.57. The Labute approximate surface area is 177 Å². The fourth-order valence-electron chi connectivity index (χ4n) is 5.17. The van der Waals surface area contributed by atoms with Gasteiger partial charge in [0.1, 0.15) is 0 Å². The lowest BCUT2D eigenvalue weighted by molar-refractivity contribution is 0.164. The van der Waals surface area contributed by atoms with Crippen LogP contribution >= 0.6 is 0 Å². The summed E-state index contributed by atoms with van der Waals surface area (Å²) in [4.78, 5) is 2.63. The summed E-state index contributed by atoms with van der Waals surface area (Å²) < 4.78 is 2.17.